The van der Waals surface area contributed by atoms with Gasteiger partial charge in [-0.1, -0.05) is 24.3 Å². The number of non-ortho nitro benzene ring substituents is 1. The summed E-state index contributed by atoms with van der Waals surface area (Å²) in [6, 6.07) is 13.2. The Morgan fingerprint density at radius 3 is 2.69 bits per heavy atom. The minimum atomic E-state index is -0.871. The first-order valence-electron chi connectivity index (χ1n) is 7.93. The maximum atomic E-state index is 11.9. The number of carbonyl (C=O) groups excluding carboxylic acids is 2. The fourth-order valence-electron chi connectivity index (χ4n) is 2.61. The lowest BCUT2D eigenvalue weighted by atomic mass is 10.1. The maximum absolute atomic E-state index is 11.9. The predicted molar refractivity (Wildman–Crippen MR) is 96.7 cm³/mol. The second kappa shape index (κ2) is 7.47. The van der Waals surface area contributed by atoms with Crippen LogP contribution in [0.1, 0.15) is 5.56 Å². The van der Waals surface area contributed by atoms with Gasteiger partial charge in [0, 0.05) is 41.5 Å². The SMILES string of the molecule is O=C(NCCc1c[nH]c2ccccc12)C(=O)Nc1cccc([N+](=O)[O-])c1. The number of nitrogens with zero attached hydrogens (tertiary/aromatic N) is 1. The molecule has 26 heavy (non-hydrogen) atoms. The minimum absolute atomic E-state index is 0.164. The van der Waals surface area contributed by atoms with Crippen LogP contribution in [0.4, 0.5) is 11.4 Å². The number of para-hydroxylation sites is 1. The molecule has 0 fully saturated rings. The molecule has 3 N–H and O–H groups in total. The molecule has 0 aliphatic carbocycles. The number of benzene rings is 2. The molecule has 0 saturated carbocycles. The maximum Gasteiger partial charge on any atom is 0.313 e. The second-order valence-electron chi connectivity index (χ2n) is 5.63. The Labute approximate surface area is 148 Å². The van der Waals surface area contributed by atoms with Gasteiger partial charge in [0.15, 0.2) is 0 Å². The van der Waals surface area contributed by atoms with Crippen LogP contribution >= 0.6 is 0 Å². The normalized spacial score (nSPS) is 10.5. The van der Waals surface area contributed by atoms with Crippen LogP contribution in [0.25, 0.3) is 10.9 Å². The standard InChI is InChI=1S/C18H16N4O4/c23-17(18(24)21-13-4-3-5-14(10-13)22(25)26)19-9-8-12-11-20-16-7-2-1-6-15(12)16/h1-7,10-11,20H,8-9H2,(H,19,23)(H,21,24). The van der Waals surface area contributed by atoms with E-state index in [0.29, 0.717) is 13.0 Å². The number of H-pyrrole nitrogens is 1. The summed E-state index contributed by atoms with van der Waals surface area (Å²) in [6.07, 6.45) is 2.44. The Kier molecular flexibility index (Phi) is 4.93. The summed E-state index contributed by atoms with van der Waals surface area (Å²) in [5.74, 6) is -1.67. The summed E-state index contributed by atoms with van der Waals surface area (Å²) in [6.45, 7) is 0.295. The van der Waals surface area contributed by atoms with Crippen molar-refractivity contribution in [3.05, 3.63) is 70.4 Å². The highest BCUT2D eigenvalue weighted by molar-refractivity contribution is 6.39. The van der Waals surface area contributed by atoms with E-state index in [-0.39, 0.29) is 11.4 Å². The van der Waals surface area contributed by atoms with Gasteiger partial charge in [0.05, 0.1) is 4.92 Å². The number of amides is 2. The zero-order valence-corrected chi connectivity index (χ0v) is 13.7. The summed E-state index contributed by atoms with van der Waals surface area (Å²) in [4.78, 5) is 37.1. The van der Waals surface area contributed by atoms with Crippen LogP contribution in [0.5, 0.6) is 0 Å². The van der Waals surface area contributed by atoms with Gasteiger partial charge < -0.3 is 15.6 Å². The molecule has 0 aliphatic heterocycles. The van der Waals surface area contributed by atoms with Crippen LogP contribution in [0.2, 0.25) is 0 Å². The van der Waals surface area contributed by atoms with Gasteiger partial charge in [0.2, 0.25) is 0 Å². The molecule has 132 valence electrons. The van der Waals surface area contributed by atoms with E-state index >= 15 is 0 Å². The molecule has 8 nitrogen and oxygen atoms in total. The molecule has 1 aromatic heterocycles. The van der Waals surface area contributed by atoms with Gasteiger partial charge in [-0.25, -0.2) is 0 Å². The molecule has 1 heterocycles. The number of aromatic amines is 1. The molecule has 8 heteroatoms. The van der Waals surface area contributed by atoms with Crippen LogP contribution in [0.3, 0.4) is 0 Å². The van der Waals surface area contributed by atoms with Crippen molar-refractivity contribution in [1.29, 1.82) is 0 Å². The fourth-order valence-corrected chi connectivity index (χ4v) is 2.61. The third-order valence-corrected chi connectivity index (χ3v) is 3.88. The van der Waals surface area contributed by atoms with Crippen molar-refractivity contribution in [2.75, 3.05) is 11.9 Å². The van der Waals surface area contributed by atoms with Crippen molar-refractivity contribution in [3.63, 3.8) is 0 Å². The first kappa shape index (κ1) is 17.2. The van der Waals surface area contributed by atoms with E-state index in [4.69, 9.17) is 0 Å². The summed E-state index contributed by atoms with van der Waals surface area (Å²) >= 11 is 0. The molecule has 0 spiro atoms. The van der Waals surface area contributed by atoms with E-state index in [1.165, 1.54) is 24.3 Å². The van der Waals surface area contributed by atoms with Crippen LogP contribution in [0.15, 0.2) is 54.7 Å². The number of hydrogen-bond acceptors (Lipinski definition) is 4. The smallest absolute Gasteiger partial charge is 0.313 e. The predicted octanol–water partition coefficient (Wildman–Crippen LogP) is 2.37. The van der Waals surface area contributed by atoms with Crippen molar-refractivity contribution >= 4 is 34.1 Å². The molecule has 2 aromatic carbocycles. The lowest BCUT2D eigenvalue weighted by Crippen LogP contribution is -2.36. The van der Waals surface area contributed by atoms with Gasteiger partial charge in [0.25, 0.3) is 5.69 Å². The monoisotopic (exact) mass is 352 g/mol. The van der Waals surface area contributed by atoms with Crippen molar-refractivity contribution in [3.8, 4) is 0 Å². The summed E-state index contributed by atoms with van der Waals surface area (Å²) in [5, 5.41) is 16.7. The Hall–Kier alpha value is -3.68. The van der Waals surface area contributed by atoms with Crippen LogP contribution < -0.4 is 10.6 Å². The molecule has 0 unspecified atom stereocenters. The fraction of sp³-hybridized carbons (Fsp3) is 0.111. The number of rotatable bonds is 5. The zero-order valence-electron chi connectivity index (χ0n) is 13.7. The van der Waals surface area contributed by atoms with Gasteiger partial charge in [-0.2, -0.15) is 0 Å². The second-order valence-corrected chi connectivity index (χ2v) is 5.63. The molecule has 2 amide bonds. The number of nitro groups is 1. The molecular weight excluding hydrogens is 336 g/mol. The van der Waals surface area contributed by atoms with Gasteiger partial charge in [-0.05, 0) is 24.1 Å². The quantitative estimate of drug-likeness (QED) is 0.371. The molecular formula is C18H16N4O4. The number of nitro benzene ring substituents is 1. The highest BCUT2D eigenvalue weighted by atomic mass is 16.6. The number of fused-ring (bicyclic) bond motifs is 1. The van der Waals surface area contributed by atoms with Crippen molar-refractivity contribution in [1.82, 2.24) is 10.3 Å². The van der Waals surface area contributed by atoms with E-state index in [1.54, 1.807) is 0 Å². The van der Waals surface area contributed by atoms with Gasteiger partial charge in [0.1, 0.15) is 0 Å². The average Bonchev–Trinajstić information content (AvgIpc) is 3.05. The van der Waals surface area contributed by atoms with E-state index in [9.17, 15) is 19.7 Å². The Balaban J connectivity index is 1.54. The molecule has 0 bridgehead atoms. The first-order chi connectivity index (χ1) is 12.5. The van der Waals surface area contributed by atoms with E-state index in [2.05, 4.69) is 15.6 Å². The lowest BCUT2D eigenvalue weighted by molar-refractivity contribution is -0.384. The third kappa shape index (κ3) is 3.86. The Morgan fingerprint density at radius 2 is 1.88 bits per heavy atom. The number of hydrogen-bond donors (Lipinski definition) is 3. The van der Waals surface area contributed by atoms with Crippen molar-refractivity contribution in [2.45, 2.75) is 6.42 Å². The topological polar surface area (TPSA) is 117 Å². The molecule has 0 aliphatic rings. The van der Waals surface area contributed by atoms with Crippen molar-refractivity contribution < 1.29 is 14.5 Å². The van der Waals surface area contributed by atoms with E-state index in [1.807, 2.05) is 30.5 Å². The van der Waals surface area contributed by atoms with Crippen LogP contribution in [0, 0.1) is 10.1 Å². The van der Waals surface area contributed by atoms with Crippen molar-refractivity contribution in [2.24, 2.45) is 0 Å². The molecule has 3 rings (SSSR count). The largest absolute Gasteiger partial charge is 0.361 e. The number of anilines is 1. The lowest BCUT2D eigenvalue weighted by Gasteiger charge is -2.06. The highest BCUT2D eigenvalue weighted by Crippen LogP contribution is 2.18. The average molecular weight is 352 g/mol. The Bertz CT molecular complexity index is 980. The summed E-state index contributed by atoms with van der Waals surface area (Å²) < 4.78 is 0. The van der Waals surface area contributed by atoms with Gasteiger partial charge in [-0.3, -0.25) is 19.7 Å². The van der Waals surface area contributed by atoms with Gasteiger partial charge in [-0.15, -0.1) is 0 Å². The summed E-state index contributed by atoms with van der Waals surface area (Å²) in [5.41, 5.74) is 2.08. The minimum Gasteiger partial charge on any atom is -0.361 e. The molecule has 0 saturated heterocycles. The molecule has 0 radical (unpaired) electrons. The highest BCUT2D eigenvalue weighted by Gasteiger charge is 2.15. The van der Waals surface area contributed by atoms with Crippen LogP contribution in [-0.2, 0) is 16.0 Å². The van der Waals surface area contributed by atoms with Crippen LogP contribution in [-0.4, -0.2) is 28.3 Å². The first-order valence-corrected chi connectivity index (χ1v) is 7.93. The molecule has 0 atom stereocenters. The number of carbonyl (C=O) groups is 2. The van der Waals surface area contributed by atoms with E-state index in [0.717, 1.165) is 16.5 Å². The zero-order chi connectivity index (χ0) is 18.5. The van der Waals surface area contributed by atoms with Gasteiger partial charge >= 0.3 is 11.8 Å². The Morgan fingerprint density at radius 1 is 1.08 bits per heavy atom. The third-order valence-electron chi connectivity index (χ3n) is 3.88. The summed E-state index contributed by atoms with van der Waals surface area (Å²) in [7, 11) is 0. The number of nitrogens with one attached hydrogen (secondary N) is 3. The molecule has 3 aromatic rings. The van der Waals surface area contributed by atoms with E-state index < -0.39 is 16.7 Å². The number of aromatic nitrogens is 1.